The SMILES string of the molecule is CCCCN(C)C(=O)c1ccc(CC)o1. The third kappa shape index (κ3) is 3.11. The zero-order valence-corrected chi connectivity index (χ0v) is 9.75. The quantitative estimate of drug-likeness (QED) is 0.747. The first-order chi connectivity index (χ1) is 7.19. The van der Waals surface area contributed by atoms with Gasteiger partial charge in [-0.15, -0.1) is 0 Å². The first-order valence-electron chi connectivity index (χ1n) is 5.53. The Morgan fingerprint density at radius 1 is 1.40 bits per heavy atom. The van der Waals surface area contributed by atoms with E-state index < -0.39 is 0 Å². The number of furan rings is 1. The summed E-state index contributed by atoms with van der Waals surface area (Å²) in [5.41, 5.74) is 0. The molecule has 84 valence electrons. The van der Waals surface area contributed by atoms with Crippen molar-refractivity contribution < 1.29 is 9.21 Å². The Morgan fingerprint density at radius 2 is 2.13 bits per heavy atom. The van der Waals surface area contributed by atoms with Gasteiger partial charge in [-0.3, -0.25) is 4.79 Å². The third-order valence-electron chi connectivity index (χ3n) is 2.41. The van der Waals surface area contributed by atoms with Gasteiger partial charge in [0.25, 0.3) is 5.91 Å². The minimum Gasteiger partial charge on any atom is -0.456 e. The van der Waals surface area contributed by atoms with Crippen molar-refractivity contribution >= 4 is 5.91 Å². The Bertz CT molecular complexity index is 317. The summed E-state index contributed by atoms with van der Waals surface area (Å²) in [4.78, 5) is 13.5. The van der Waals surface area contributed by atoms with E-state index in [1.807, 2.05) is 20.0 Å². The molecule has 0 bridgehead atoms. The monoisotopic (exact) mass is 209 g/mol. The van der Waals surface area contributed by atoms with E-state index in [4.69, 9.17) is 4.42 Å². The Morgan fingerprint density at radius 3 is 2.67 bits per heavy atom. The molecule has 3 heteroatoms. The average molecular weight is 209 g/mol. The lowest BCUT2D eigenvalue weighted by Gasteiger charge is -2.14. The lowest BCUT2D eigenvalue weighted by molar-refractivity contribution is 0.0760. The van der Waals surface area contributed by atoms with Crippen molar-refractivity contribution in [1.82, 2.24) is 4.90 Å². The maximum absolute atomic E-state index is 11.8. The number of unbranched alkanes of at least 4 members (excludes halogenated alkanes) is 1. The predicted molar refractivity (Wildman–Crippen MR) is 60.0 cm³/mol. The van der Waals surface area contributed by atoms with E-state index in [1.54, 1.807) is 11.0 Å². The van der Waals surface area contributed by atoms with Gasteiger partial charge in [-0.1, -0.05) is 20.3 Å². The molecule has 0 atom stereocenters. The fourth-order valence-corrected chi connectivity index (χ4v) is 1.37. The fourth-order valence-electron chi connectivity index (χ4n) is 1.37. The molecule has 0 radical (unpaired) electrons. The number of rotatable bonds is 5. The molecule has 0 aliphatic heterocycles. The van der Waals surface area contributed by atoms with Gasteiger partial charge >= 0.3 is 0 Å². The average Bonchev–Trinajstić information content (AvgIpc) is 2.73. The maximum atomic E-state index is 11.8. The highest BCUT2D eigenvalue weighted by Gasteiger charge is 2.14. The molecule has 0 aromatic carbocycles. The molecule has 1 aromatic rings. The van der Waals surface area contributed by atoms with Crippen LogP contribution in [0.25, 0.3) is 0 Å². The second-order valence-corrected chi connectivity index (χ2v) is 3.70. The van der Waals surface area contributed by atoms with Crippen LogP contribution in [-0.2, 0) is 6.42 Å². The molecule has 0 saturated carbocycles. The van der Waals surface area contributed by atoms with Crippen molar-refractivity contribution in [2.24, 2.45) is 0 Å². The highest BCUT2D eigenvalue weighted by molar-refractivity contribution is 5.91. The Kier molecular flexibility index (Phi) is 4.40. The molecule has 0 saturated heterocycles. The van der Waals surface area contributed by atoms with Crippen LogP contribution in [0.4, 0.5) is 0 Å². The topological polar surface area (TPSA) is 33.5 Å². The van der Waals surface area contributed by atoms with E-state index in [-0.39, 0.29) is 5.91 Å². The van der Waals surface area contributed by atoms with Crippen LogP contribution in [0, 0.1) is 0 Å². The highest BCUT2D eigenvalue weighted by Crippen LogP contribution is 2.10. The van der Waals surface area contributed by atoms with E-state index in [0.717, 1.165) is 31.6 Å². The summed E-state index contributed by atoms with van der Waals surface area (Å²) in [7, 11) is 1.81. The molecule has 1 rings (SSSR count). The molecular formula is C12H19NO2. The summed E-state index contributed by atoms with van der Waals surface area (Å²) in [6.07, 6.45) is 2.95. The van der Waals surface area contributed by atoms with Crippen molar-refractivity contribution in [2.75, 3.05) is 13.6 Å². The van der Waals surface area contributed by atoms with Crippen LogP contribution in [0.2, 0.25) is 0 Å². The van der Waals surface area contributed by atoms with Crippen LogP contribution in [0.15, 0.2) is 16.5 Å². The van der Waals surface area contributed by atoms with E-state index >= 15 is 0 Å². The van der Waals surface area contributed by atoms with Crippen LogP contribution >= 0.6 is 0 Å². The summed E-state index contributed by atoms with van der Waals surface area (Å²) in [5.74, 6) is 1.29. The molecule has 1 amide bonds. The lowest BCUT2D eigenvalue weighted by Crippen LogP contribution is -2.27. The summed E-state index contributed by atoms with van der Waals surface area (Å²) in [6.45, 7) is 4.91. The Balaban J connectivity index is 2.59. The van der Waals surface area contributed by atoms with Crippen LogP contribution in [-0.4, -0.2) is 24.4 Å². The number of aryl methyl sites for hydroxylation is 1. The molecule has 15 heavy (non-hydrogen) atoms. The Hall–Kier alpha value is -1.25. The zero-order valence-electron chi connectivity index (χ0n) is 9.75. The number of carbonyl (C=O) groups excluding carboxylic acids is 1. The molecule has 1 heterocycles. The van der Waals surface area contributed by atoms with Crippen molar-refractivity contribution in [3.63, 3.8) is 0 Å². The van der Waals surface area contributed by atoms with Crippen LogP contribution in [0.1, 0.15) is 43.0 Å². The van der Waals surface area contributed by atoms with Gasteiger partial charge in [-0.2, -0.15) is 0 Å². The van der Waals surface area contributed by atoms with Gasteiger partial charge in [0, 0.05) is 20.0 Å². The van der Waals surface area contributed by atoms with Gasteiger partial charge in [0.1, 0.15) is 5.76 Å². The van der Waals surface area contributed by atoms with Crippen molar-refractivity contribution in [2.45, 2.75) is 33.1 Å². The second-order valence-electron chi connectivity index (χ2n) is 3.70. The van der Waals surface area contributed by atoms with Crippen LogP contribution in [0.3, 0.4) is 0 Å². The minimum absolute atomic E-state index is 0.0249. The second kappa shape index (κ2) is 5.59. The molecular weight excluding hydrogens is 190 g/mol. The van der Waals surface area contributed by atoms with E-state index in [2.05, 4.69) is 6.92 Å². The molecule has 0 unspecified atom stereocenters. The van der Waals surface area contributed by atoms with Crippen LogP contribution in [0.5, 0.6) is 0 Å². The van der Waals surface area contributed by atoms with Gasteiger partial charge in [-0.25, -0.2) is 0 Å². The van der Waals surface area contributed by atoms with Gasteiger partial charge < -0.3 is 9.32 Å². The smallest absolute Gasteiger partial charge is 0.289 e. The molecule has 0 aliphatic carbocycles. The number of nitrogens with zero attached hydrogens (tertiary/aromatic N) is 1. The normalized spacial score (nSPS) is 10.3. The first kappa shape index (κ1) is 11.8. The van der Waals surface area contributed by atoms with Gasteiger partial charge in [0.15, 0.2) is 5.76 Å². The number of amides is 1. The third-order valence-corrected chi connectivity index (χ3v) is 2.41. The van der Waals surface area contributed by atoms with Gasteiger partial charge in [-0.05, 0) is 18.6 Å². The van der Waals surface area contributed by atoms with Gasteiger partial charge in [0.05, 0.1) is 0 Å². The number of hydrogen-bond donors (Lipinski definition) is 0. The standard InChI is InChI=1S/C12H19NO2/c1-4-6-9-13(3)12(14)11-8-7-10(5-2)15-11/h7-8H,4-6,9H2,1-3H3. The van der Waals surface area contributed by atoms with E-state index in [0.29, 0.717) is 5.76 Å². The van der Waals surface area contributed by atoms with E-state index in [9.17, 15) is 4.79 Å². The number of carbonyl (C=O) groups is 1. The number of hydrogen-bond acceptors (Lipinski definition) is 2. The predicted octanol–water partition coefficient (Wildman–Crippen LogP) is 2.71. The van der Waals surface area contributed by atoms with E-state index in [1.165, 1.54) is 0 Å². The zero-order chi connectivity index (χ0) is 11.3. The molecule has 0 aliphatic rings. The molecule has 3 nitrogen and oxygen atoms in total. The molecule has 1 aromatic heterocycles. The molecule has 0 spiro atoms. The lowest BCUT2D eigenvalue weighted by atomic mass is 10.3. The Labute approximate surface area is 91.1 Å². The summed E-state index contributed by atoms with van der Waals surface area (Å²) in [5, 5.41) is 0. The van der Waals surface area contributed by atoms with Gasteiger partial charge in [0.2, 0.25) is 0 Å². The molecule has 0 fully saturated rings. The summed E-state index contributed by atoms with van der Waals surface area (Å²) in [6, 6.07) is 3.62. The maximum Gasteiger partial charge on any atom is 0.289 e. The first-order valence-corrected chi connectivity index (χ1v) is 5.53. The van der Waals surface area contributed by atoms with Crippen LogP contribution < -0.4 is 0 Å². The minimum atomic E-state index is -0.0249. The summed E-state index contributed by atoms with van der Waals surface area (Å²) < 4.78 is 5.40. The van der Waals surface area contributed by atoms with Crippen molar-refractivity contribution in [1.29, 1.82) is 0 Å². The summed E-state index contributed by atoms with van der Waals surface area (Å²) >= 11 is 0. The van der Waals surface area contributed by atoms with Crippen molar-refractivity contribution in [3.05, 3.63) is 23.7 Å². The largest absolute Gasteiger partial charge is 0.456 e. The highest BCUT2D eigenvalue weighted by atomic mass is 16.4. The van der Waals surface area contributed by atoms with Crippen molar-refractivity contribution in [3.8, 4) is 0 Å². The molecule has 0 N–H and O–H groups in total. The fraction of sp³-hybridized carbons (Fsp3) is 0.583.